The van der Waals surface area contributed by atoms with Gasteiger partial charge in [0.05, 0.1) is 13.2 Å². The number of hydrogen-bond donors (Lipinski definition) is 10. The van der Waals surface area contributed by atoms with Crippen molar-refractivity contribution in [2.75, 3.05) is 13.2 Å². The van der Waals surface area contributed by atoms with Gasteiger partial charge in [0, 0.05) is 18.5 Å². The first-order chi connectivity index (χ1) is 26.2. The van der Waals surface area contributed by atoms with Gasteiger partial charge < -0.3 is 65.1 Å². The zero-order valence-electron chi connectivity index (χ0n) is 30.6. The number of carbonyl (C=O) groups is 2. The van der Waals surface area contributed by atoms with Gasteiger partial charge in [-0.2, -0.15) is 5.21 Å². The van der Waals surface area contributed by atoms with Crippen molar-refractivity contribution in [1.29, 1.82) is 0 Å². The lowest BCUT2D eigenvalue weighted by Gasteiger charge is -2.45. The molecule has 0 spiro atoms. The molecule has 2 aliphatic heterocycles. The van der Waals surface area contributed by atoms with Gasteiger partial charge in [-0.15, -0.1) is 10.2 Å². The number of aliphatic carboxylic acids is 1. The number of ether oxygens (including phenoxy) is 3. The molecule has 2 aromatic carbocycles. The van der Waals surface area contributed by atoms with Crippen LogP contribution in [0.1, 0.15) is 45.6 Å². The minimum absolute atomic E-state index is 0.125. The summed E-state index contributed by atoms with van der Waals surface area (Å²) in [5.41, 5.74) is 3.66. The average Bonchev–Trinajstić information content (AvgIpc) is 3.72. The Morgan fingerprint density at radius 3 is 2.07 bits per heavy atom. The van der Waals surface area contributed by atoms with E-state index in [0.717, 1.165) is 35.1 Å². The fourth-order valence-corrected chi connectivity index (χ4v) is 6.35. The van der Waals surface area contributed by atoms with Gasteiger partial charge in [0.1, 0.15) is 54.9 Å². The lowest BCUT2D eigenvalue weighted by atomic mass is 9.97. The third kappa shape index (κ3) is 10.7. The number of amides is 1. The van der Waals surface area contributed by atoms with Crippen LogP contribution in [0.3, 0.4) is 0 Å². The van der Waals surface area contributed by atoms with E-state index >= 15 is 0 Å². The van der Waals surface area contributed by atoms with Gasteiger partial charge in [-0.3, -0.25) is 4.79 Å². The first-order valence-corrected chi connectivity index (χ1v) is 17.9. The molecule has 1 aromatic heterocycles. The molecule has 2 saturated heterocycles. The van der Waals surface area contributed by atoms with Crippen LogP contribution in [0.2, 0.25) is 0 Å². The van der Waals surface area contributed by atoms with Crippen LogP contribution in [0.15, 0.2) is 48.5 Å². The van der Waals surface area contributed by atoms with Crippen LogP contribution in [0, 0.1) is 5.92 Å². The largest absolute Gasteiger partial charge is 0.480 e. The number of H-pyrrole nitrogens is 1. The Balaban J connectivity index is 0.000000258. The maximum Gasteiger partial charge on any atom is 0.326 e. The first-order valence-electron chi connectivity index (χ1n) is 17.9. The minimum Gasteiger partial charge on any atom is -0.480 e. The second-order valence-electron chi connectivity index (χ2n) is 13.7. The van der Waals surface area contributed by atoms with E-state index in [9.17, 15) is 50.4 Å². The van der Waals surface area contributed by atoms with Crippen LogP contribution in [0.25, 0.3) is 22.5 Å². The number of rotatable bonds is 14. The molecule has 55 heavy (non-hydrogen) atoms. The second kappa shape index (κ2) is 20.3. The van der Waals surface area contributed by atoms with Gasteiger partial charge >= 0.3 is 5.97 Å². The summed E-state index contributed by atoms with van der Waals surface area (Å²) >= 11 is 0. The normalized spacial score (nSPS) is 28.6. The molecule has 304 valence electrons. The van der Waals surface area contributed by atoms with Gasteiger partial charge in [0.15, 0.2) is 12.6 Å². The molecule has 2 fully saturated rings. The van der Waals surface area contributed by atoms with Gasteiger partial charge in [0.25, 0.3) is 0 Å². The highest BCUT2D eigenvalue weighted by atomic mass is 16.7. The minimum atomic E-state index is -1.74. The van der Waals surface area contributed by atoms with Crippen LogP contribution in [-0.4, -0.2) is 164 Å². The van der Waals surface area contributed by atoms with E-state index < -0.39 is 86.6 Å². The highest BCUT2D eigenvalue weighted by Gasteiger charge is 2.50. The van der Waals surface area contributed by atoms with Crippen molar-refractivity contribution >= 4 is 11.9 Å². The predicted octanol–water partition coefficient (Wildman–Crippen LogP) is -1.24. The van der Waals surface area contributed by atoms with Crippen molar-refractivity contribution in [3.8, 4) is 22.5 Å². The van der Waals surface area contributed by atoms with E-state index in [1.807, 2.05) is 69.3 Å². The molecule has 3 aromatic rings. The molecule has 3 heterocycles. The number of aliphatic hydroxyl groups is 8. The van der Waals surface area contributed by atoms with E-state index in [4.69, 9.17) is 19.3 Å². The number of aromatic nitrogens is 4. The Bertz CT molecular complexity index is 1630. The lowest BCUT2D eigenvalue weighted by molar-refractivity contribution is -0.355. The van der Waals surface area contributed by atoms with E-state index in [-0.39, 0.29) is 18.4 Å². The van der Waals surface area contributed by atoms with Crippen LogP contribution in [-0.2, 0) is 30.3 Å². The summed E-state index contributed by atoms with van der Waals surface area (Å²) in [6, 6.07) is 14.7. The number of carboxylic acid groups (broad SMARTS) is 1. The van der Waals surface area contributed by atoms with Crippen LogP contribution in [0.4, 0.5) is 0 Å². The Labute approximate surface area is 316 Å². The first kappa shape index (κ1) is 43.7. The summed E-state index contributed by atoms with van der Waals surface area (Å²) in [5, 5.41) is 101. The predicted molar refractivity (Wildman–Crippen MR) is 190 cm³/mol. The third-order valence-electron chi connectivity index (χ3n) is 9.39. The van der Waals surface area contributed by atoms with E-state index in [1.165, 1.54) is 4.90 Å². The lowest BCUT2D eigenvalue weighted by Crippen LogP contribution is -2.64. The second-order valence-corrected chi connectivity index (χ2v) is 13.7. The zero-order valence-corrected chi connectivity index (χ0v) is 30.6. The van der Waals surface area contributed by atoms with Gasteiger partial charge in [-0.05, 0) is 34.2 Å². The Morgan fingerprint density at radius 2 is 1.51 bits per heavy atom. The fraction of sp³-hybridized carbons (Fsp3) is 0.583. The maximum atomic E-state index is 12.9. The highest BCUT2D eigenvalue weighted by Crippen LogP contribution is 2.31. The molecule has 0 saturated carbocycles. The molecule has 0 aliphatic carbocycles. The number of hydrogen-bond acceptors (Lipinski definition) is 16. The summed E-state index contributed by atoms with van der Waals surface area (Å²) < 4.78 is 15.3. The van der Waals surface area contributed by atoms with Crippen molar-refractivity contribution in [3.63, 3.8) is 0 Å². The molecule has 0 bridgehead atoms. The van der Waals surface area contributed by atoms with E-state index in [1.54, 1.807) is 0 Å². The monoisotopic (exact) mass is 777 g/mol. The number of tetrazole rings is 1. The molecule has 19 nitrogen and oxygen atoms in total. The number of nitrogens with zero attached hydrogens (tertiary/aromatic N) is 4. The number of carboxylic acids is 1. The fourth-order valence-electron chi connectivity index (χ4n) is 6.35. The van der Waals surface area contributed by atoms with Crippen molar-refractivity contribution < 1.29 is 69.8 Å². The summed E-state index contributed by atoms with van der Waals surface area (Å²) in [6.45, 7) is 4.58. The Kier molecular flexibility index (Phi) is 16.1. The standard InChI is InChI=1S/C24H29N5O3.C12H22O11/c1-4-5-10-21(30)29(22(16(2)3)24(31)32)15-17-11-13-18(14-12-17)19-8-6-7-9-20(19)23-25-27-28-26-23;13-1-3-5(15)6(16)9(19)12(22-3)23-10-4(2-14)21-11(20)8(18)7(10)17/h6-9,11-14,16,22H,4-5,10,15H2,1-3H3,(H,31,32)(H,25,26,27,28);3-20H,1-2H2/t22-;3-,4-,5+,6+,7-,8-,9-,10-,11?,12+/m01/s1. The maximum absolute atomic E-state index is 12.9. The van der Waals surface area contributed by atoms with E-state index in [0.29, 0.717) is 12.2 Å². The number of nitrogens with one attached hydrogen (secondary N) is 1. The summed E-state index contributed by atoms with van der Waals surface area (Å²) in [6.07, 6.45) is -13.6. The third-order valence-corrected chi connectivity index (χ3v) is 9.39. The van der Waals surface area contributed by atoms with Crippen molar-refractivity contribution in [3.05, 3.63) is 54.1 Å². The molecule has 19 heteroatoms. The van der Waals surface area contributed by atoms with Gasteiger partial charge in [-0.1, -0.05) is 75.7 Å². The smallest absolute Gasteiger partial charge is 0.326 e. The molecule has 10 N–H and O–H groups in total. The number of unbranched alkanes of at least 4 members (excludes halogenated alkanes) is 1. The molecule has 0 radical (unpaired) electrons. The quantitative estimate of drug-likeness (QED) is 0.0916. The summed E-state index contributed by atoms with van der Waals surface area (Å²) in [4.78, 5) is 26.3. The van der Waals surface area contributed by atoms with Crippen molar-refractivity contribution in [2.24, 2.45) is 5.92 Å². The molecule has 1 unspecified atom stereocenters. The molecular weight excluding hydrogens is 726 g/mol. The number of aromatic amines is 1. The number of carbonyl (C=O) groups excluding carboxylic acids is 1. The summed E-state index contributed by atoms with van der Waals surface area (Å²) in [5.74, 6) is -0.784. The van der Waals surface area contributed by atoms with Crippen LogP contribution < -0.4 is 0 Å². The van der Waals surface area contributed by atoms with Crippen molar-refractivity contribution in [2.45, 2.75) is 114 Å². The SMILES string of the molecule is CCCCC(=O)N(Cc1ccc(-c2ccccc2-c2nn[nH]n2)cc1)[C@H](C(=O)O)C(C)C.OC[C@H]1O[C@@H](O[C@H]2[C@H](O)[C@@H](O)C(O)O[C@@H]2CO)[C@H](O)[C@@H](O)[C@H]1O. The highest BCUT2D eigenvalue weighted by molar-refractivity contribution is 5.84. The number of aliphatic hydroxyl groups excluding tert-OH is 8. The molecular formula is C36H51N5O14. The number of benzene rings is 2. The average molecular weight is 778 g/mol. The Hall–Kier alpha value is -3.99. The van der Waals surface area contributed by atoms with Gasteiger partial charge in [-0.25, -0.2) is 4.79 Å². The van der Waals surface area contributed by atoms with Crippen LogP contribution in [0.5, 0.6) is 0 Å². The van der Waals surface area contributed by atoms with E-state index in [2.05, 4.69) is 20.6 Å². The zero-order chi connectivity index (χ0) is 40.4. The molecule has 1 amide bonds. The van der Waals surface area contributed by atoms with Crippen LogP contribution >= 0.6 is 0 Å². The molecule has 5 rings (SSSR count). The molecule has 2 aliphatic rings. The van der Waals surface area contributed by atoms with Crippen molar-refractivity contribution in [1.82, 2.24) is 25.5 Å². The van der Waals surface area contributed by atoms with Gasteiger partial charge in [0.2, 0.25) is 11.7 Å². The molecule has 11 atom stereocenters. The topological polar surface area (TPSA) is 302 Å². The Morgan fingerprint density at radius 1 is 0.855 bits per heavy atom. The summed E-state index contributed by atoms with van der Waals surface area (Å²) in [7, 11) is 0.